The third kappa shape index (κ3) is 68.4. The van der Waals surface area contributed by atoms with Crippen LogP contribution < -0.4 is 0 Å². The number of unbranched alkanes of at least 4 members (excludes halogenated alkanes) is 40. The van der Waals surface area contributed by atoms with Crippen LogP contribution in [0, 0.1) is 17.8 Å². The molecule has 0 radical (unpaired) electrons. The molecule has 0 fully saturated rings. The molecule has 0 aromatic heterocycles. The number of phosphoric ester groups is 2. The molecule has 0 rings (SSSR count). The molecule has 552 valence electrons. The molecule has 0 aromatic rings. The van der Waals surface area contributed by atoms with E-state index in [0.717, 1.165) is 108 Å². The Balaban J connectivity index is 5.23. The van der Waals surface area contributed by atoms with Crippen LogP contribution in [0.4, 0.5) is 0 Å². The number of phosphoric acid groups is 2. The fourth-order valence-corrected chi connectivity index (χ4v) is 12.8. The predicted molar refractivity (Wildman–Crippen MR) is 377 cm³/mol. The molecule has 93 heavy (non-hydrogen) atoms. The number of rotatable bonds is 72. The van der Waals surface area contributed by atoms with E-state index in [1.807, 2.05) is 0 Å². The second kappa shape index (κ2) is 64.7. The molecule has 0 aliphatic carbocycles. The Morgan fingerprint density at radius 3 is 0.731 bits per heavy atom. The molecule has 0 aliphatic rings. The highest BCUT2D eigenvalue weighted by Gasteiger charge is 2.30. The molecule has 0 heterocycles. The first-order chi connectivity index (χ1) is 44.7. The summed E-state index contributed by atoms with van der Waals surface area (Å²) in [4.78, 5) is 72.7. The summed E-state index contributed by atoms with van der Waals surface area (Å²) in [7, 11) is -9.91. The molecule has 17 nitrogen and oxygen atoms in total. The fourth-order valence-electron chi connectivity index (χ4n) is 11.2. The molecule has 0 saturated heterocycles. The number of esters is 4. The van der Waals surface area contributed by atoms with Crippen LogP contribution in [0.2, 0.25) is 0 Å². The van der Waals surface area contributed by atoms with Crippen LogP contribution in [-0.4, -0.2) is 96.7 Å². The summed E-state index contributed by atoms with van der Waals surface area (Å²) in [5.74, 6) is 0.0768. The number of ether oxygens (including phenoxy) is 4. The average molecular weight is 1370 g/mol. The molecule has 0 spiro atoms. The lowest BCUT2D eigenvalue weighted by Crippen LogP contribution is -2.30. The third-order valence-corrected chi connectivity index (χ3v) is 19.0. The molecule has 19 heteroatoms. The Labute approximate surface area is 568 Å². The second-order valence-corrected chi connectivity index (χ2v) is 31.0. The maximum absolute atomic E-state index is 13.1. The van der Waals surface area contributed by atoms with Gasteiger partial charge >= 0.3 is 39.5 Å². The summed E-state index contributed by atoms with van der Waals surface area (Å²) < 4.78 is 68.4. The van der Waals surface area contributed by atoms with Crippen molar-refractivity contribution in [3.8, 4) is 0 Å². The highest BCUT2D eigenvalue weighted by Crippen LogP contribution is 2.45. The van der Waals surface area contributed by atoms with Gasteiger partial charge in [-0.15, -0.1) is 0 Å². The maximum atomic E-state index is 13.1. The maximum Gasteiger partial charge on any atom is 0.472 e. The second-order valence-electron chi connectivity index (χ2n) is 28.1. The molecule has 3 N–H and O–H groups in total. The predicted octanol–water partition coefficient (Wildman–Crippen LogP) is 21.4. The Hall–Kier alpha value is -1.94. The van der Waals surface area contributed by atoms with Gasteiger partial charge in [0.15, 0.2) is 12.2 Å². The molecule has 2 unspecified atom stereocenters. The molecule has 5 atom stereocenters. The Kier molecular flexibility index (Phi) is 63.4. The molecular weight excluding hydrogens is 1220 g/mol. The van der Waals surface area contributed by atoms with E-state index >= 15 is 0 Å². The van der Waals surface area contributed by atoms with Crippen molar-refractivity contribution in [3.05, 3.63) is 0 Å². The van der Waals surface area contributed by atoms with Gasteiger partial charge in [-0.1, -0.05) is 325 Å². The largest absolute Gasteiger partial charge is 0.472 e. The van der Waals surface area contributed by atoms with Gasteiger partial charge in [0.25, 0.3) is 0 Å². The zero-order chi connectivity index (χ0) is 68.7. The van der Waals surface area contributed by atoms with Crippen molar-refractivity contribution in [1.82, 2.24) is 0 Å². The van der Waals surface area contributed by atoms with E-state index < -0.39 is 97.5 Å². The third-order valence-electron chi connectivity index (χ3n) is 17.1. The molecule has 0 amide bonds. The summed E-state index contributed by atoms with van der Waals surface area (Å²) >= 11 is 0. The zero-order valence-corrected chi connectivity index (χ0v) is 62.5. The van der Waals surface area contributed by atoms with Crippen molar-refractivity contribution in [1.29, 1.82) is 0 Å². The van der Waals surface area contributed by atoms with Crippen molar-refractivity contribution in [2.45, 2.75) is 394 Å². The minimum atomic E-state index is -4.96. The van der Waals surface area contributed by atoms with Crippen molar-refractivity contribution < 1.29 is 80.2 Å². The summed E-state index contributed by atoms with van der Waals surface area (Å²) in [6.45, 7) is 11.8. The van der Waals surface area contributed by atoms with E-state index in [0.29, 0.717) is 31.6 Å². The Morgan fingerprint density at radius 1 is 0.290 bits per heavy atom. The van der Waals surface area contributed by atoms with Crippen LogP contribution in [0.1, 0.15) is 376 Å². The van der Waals surface area contributed by atoms with Crippen LogP contribution in [0.15, 0.2) is 0 Å². The van der Waals surface area contributed by atoms with Gasteiger partial charge in [0.2, 0.25) is 0 Å². The summed E-state index contributed by atoms with van der Waals surface area (Å²) in [6, 6.07) is 0. The summed E-state index contributed by atoms with van der Waals surface area (Å²) in [5.41, 5.74) is 0. The van der Waals surface area contributed by atoms with Gasteiger partial charge in [0.05, 0.1) is 26.4 Å². The summed E-state index contributed by atoms with van der Waals surface area (Å²) in [6.07, 6.45) is 50.2. The van der Waals surface area contributed by atoms with E-state index in [4.69, 9.17) is 37.0 Å². The van der Waals surface area contributed by atoms with Crippen molar-refractivity contribution >= 4 is 39.5 Å². The first-order valence-corrected chi connectivity index (χ1v) is 41.3. The highest BCUT2D eigenvalue weighted by atomic mass is 31.2. The first-order valence-electron chi connectivity index (χ1n) is 38.3. The van der Waals surface area contributed by atoms with Crippen molar-refractivity contribution in [3.63, 3.8) is 0 Å². The van der Waals surface area contributed by atoms with Crippen LogP contribution in [0.5, 0.6) is 0 Å². The number of hydrogen-bond donors (Lipinski definition) is 3. The molecular formula is C74H144O17P2. The van der Waals surface area contributed by atoms with Gasteiger partial charge in [0.1, 0.15) is 19.3 Å². The van der Waals surface area contributed by atoms with Gasteiger partial charge in [-0.25, -0.2) is 9.13 Å². The normalized spacial score (nSPS) is 14.1. The Morgan fingerprint density at radius 2 is 0.495 bits per heavy atom. The molecule has 0 bridgehead atoms. The first kappa shape index (κ1) is 91.1. The topological polar surface area (TPSA) is 237 Å². The van der Waals surface area contributed by atoms with E-state index in [9.17, 15) is 43.2 Å². The Bertz CT molecular complexity index is 1820. The van der Waals surface area contributed by atoms with Gasteiger partial charge in [-0.3, -0.25) is 37.3 Å². The van der Waals surface area contributed by atoms with Crippen molar-refractivity contribution in [2.24, 2.45) is 17.8 Å². The zero-order valence-electron chi connectivity index (χ0n) is 60.7. The number of carbonyl (C=O) groups is 4. The summed E-state index contributed by atoms with van der Waals surface area (Å²) in [5, 5.41) is 10.6. The van der Waals surface area contributed by atoms with Gasteiger partial charge in [-0.05, 0) is 43.4 Å². The van der Waals surface area contributed by atoms with Gasteiger partial charge < -0.3 is 33.8 Å². The van der Waals surface area contributed by atoms with E-state index in [1.165, 1.54) is 180 Å². The SMILES string of the molecule is CCCCCCCCCCCCCCCCCC(=O)OC[C@H](COP(=O)(O)OC[C@@H](O)COP(=O)(O)OC[C@@H](COC(=O)CCCCCCCCC(C)C)OC(=O)CCCCCCCCCCC(C)C)OC(=O)CCCCCCCCCCCCCCCCCC(C)C. The molecule has 0 aromatic carbocycles. The monoisotopic (exact) mass is 1370 g/mol. The smallest absolute Gasteiger partial charge is 0.462 e. The van der Waals surface area contributed by atoms with Crippen LogP contribution in [0.3, 0.4) is 0 Å². The lowest BCUT2D eigenvalue weighted by Gasteiger charge is -2.21. The lowest BCUT2D eigenvalue weighted by molar-refractivity contribution is -0.161. The van der Waals surface area contributed by atoms with E-state index in [2.05, 4.69) is 48.5 Å². The molecule has 0 aliphatic heterocycles. The minimum absolute atomic E-state index is 0.103. The molecule has 0 saturated carbocycles. The van der Waals surface area contributed by atoms with E-state index in [1.54, 1.807) is 0 Å². The number of aliphatic hydroxyl groups excluding tert-OH is 1. The lowest BCUT2D eigenvalue weighted by atomic mass is 10.0. The minimum Gasteiger partial charge on any atom is -0.462 e. The fraction of sp³-hybridized carbons (Fsp3) is 0.946. The van der Waals surface area contributed by atoms with Gasteiger partial charge in [-0.2, -0.15) is 0 Å². The van der Waals surface area contributed by atoms with Crippen molar-refractivity contribution in [2.75, 3.05) is 39.6 Å². The highest BCUT2D eigenvalue weighted by molar-refractivity contribution is 7.47. The van der Waals surface area contributed by atoms with Gasteiger partial charge in [0, 0.05) is 25.7 Å². The van der Waals surface area contributed by atoms with Crippen LogP contribution in [-0.2, 0) is 65.4 Å². The van der Waals surface area contributed by atoms with Crippen LogP contribution in [0.25, 0.3) is 0 Å². The van der Waals surface area contributed by atoms with E-state index in [-0.39, 0.29) is 25.7 Å². The number of carbonyl (C=O) groups excluding carboxylic acids is 4. The quantitative estimate of drug-likeness (QED) is 0.0222. The average Bonchev–Trinajstić information content (AvgIpc) is 2.22. The van der Waals surface area contributed by atoms with Crippen LogP contribution >= 0.6 is 15.6 Å². The standard InChI is InChI=1S/C74H144O17P2/c1-8-9-10-11-12-13-14-15-17-21-24-27-33-41-48-55-71(76)84-61-69(90-73(78)57-50-43-34-28-25-22-19-16-18-20-23-26-31-38-45-52-65(2)3)63-88-92(80,81)86-59-68(75)60-87-93(82,83)89-64-70(62-85-72(77)56-49-42-37-36-40-47-54-67(6)7)91-74(79)58-51-44-35-30-29-32-39-46-53-66(4)5/h65-70,75H,8-64H2,1-7H3,(H,80,81)(H,82,83)/t68-,69-,70-/m1/s1. The number of aliphatic hydroxyl groups is 1. The number of hydrogen-bond acceptors (Lipinski definition) is 15.